The number of rotatable bonds is 7. The molecule has 2 aromatic carbocycles. The van der Waals surface area contributed by atoms with Gasteiger partial charge in [-0.05, 0) is 30.7 Å². The standard InChI is InChI=1S/C17H20N2O5S/c1-3-9-19(2)14-10-12(17(20)21)11-15(25(18,22)23)16(14)24-13-7-5-4-6-8-13/h4-8,10-11H,3,9H2,1-2H3,(H,20,21)(H2,18,22,23). The van der Waals surface area contributed by atoms with Crippen LogP contribution in [0.2, 0.25) is 0 Å². The number of para-hydroxylation sites is 1. The molecule has 7 nitrogen and oxygen atoms in total. The van der Waals surface area contributed by atoms with E-state index in [-0.39, 0.29) is 16.2 Å². The summed E-state index contributed by atoms with van der Waals surface area (Å²) in [5, 5.41) is 14.6. The lowest BCUT2D eigenvalue weighted by atomic mass is 10.1. The molecular formula is C17H20N2O5S. The van der Waals surface area contributed by atoms with Gasteiger partial charge in [0.05, 0.1) is 11.3 Å². The Morgan fingerprint density at radius 3 is 2.40 bits per heavy atom. The zero-order chi connectivity index (χ0) is 18.6. The second-order valence-corrected chi connectivity index (χ2v) is 7.04. The molecule has 0 atom stereocenters. The maximum Gasteiger partial charge on any atom is 0.335 e. The SMILES string of the molecule is CCCN(C)c1cc(C(=O)O)cc(S(N)(=O)=O)c1Oc1ccccc1. The van der Waals surface area contributed by atoms with Gasteiger partial charge in [-0.2, -0.15) is 0 Å². The third-order valence-electron chi connectivity index (χ3n) is 3.52. The fourth-order valence-corrected chi connectivity index (χ4v) is 3.07. The van der Waals surface area contributed by atoms with Crippen LogP contribution in [-0.2, 0) is 10.0 Å². The summed E-state index contributed by atoms with van der Waals surface area (Å²) in [6, 6.07) is 11.0. The fourth-order valence-electron chi connectivity index (χ4n) is 2.37. The maximum absolute atomic E-state index is 12.0. The molecule has 0 saturated carbocycles. The van der Waals surface area contributed by atoms with E-state index in [9.17, 15) is 18.3 Å². The van der Waals surface area contributed by atoms with E-state index >= 15 is 0 Å². The number of hydrogen-bond donors (Lipinski definition) is 2. The van der Waals surface area contributed by atoms with E-state index < -0.39 is 16.0 Å². The second-order valence-electron chi connectivity index (χ2n) is 5.51. The lowest BCUT2D eigenvalue weighted by molar-refractivity contribution is 0.0696. The van der Waals surface area contributed by atoms with Crippen LogP contribution >= 0.6 is 0 Å². The van der Waals surface area contributed by atoms with Crippen LogP contribution in [0.3, 0.4) is 0 Å². The summed E-state index contributed by atoms with van der Waals surface area (Å²) in [5.41, 5.74) is 0.164. The Labute approximate surface area is 146 Å². The third kappa shape index (κ3) is 4.49. The van der Waals surface area contributed by atoms with Gasteiger partial charge in [0.1, 0.15) is 10.6 Å². The Morgan fingerprint density at radius 2 is 1.88 bits per heavy atom. The van der Waals surface area contributed by atoms with Crippen molar-refractivity contribution >= 4 is 21.7 Å². The molecule has 0 aromatic heterocycles. The number of sulfonamides is 1. The smallest absolute Gasteiger partial charge is 0.335 e. The Morgan fingerprint density at radius 1 is 1.24 bits per heavy atom. The van der Waals surface area contributed by atoms with Crippen LogP contribution in [-0.4, -0.2) is 33.1 Å². The van der Waals surface area contributed by atoms with Crippen molar-refractivity contribution in [1.82, 2.24) is 0 Å². The number of carboxylic acids is 1. The molecule has 0 aliphatic carbocycles. The quantitative estimate of drug-likeness (QED) is 0.781. The van der Waals surface area contributed by atoms with E-state index in [0.717, 1.165) is 12.5 Å². The molecule has 0 aliphatic rings. The topological polar surface area (TPSA) is 110 Å². The van der Waals surface area contributed by atoms with Crippen LogP contribution in [0.15, 0.2) is 47.4 Å². The molecule has 0 radical (unpaired) electrons. The van der Waals surface area contributed by atoms with Crippen LogP contribution in [0.5, 0.6) is 11.5 Å². The number of nitrogens with two attached hydrogens (primary N) is 1. The maximum atomic E-state index is 12.0. The summed E-state index contributed by atoms with van der Waals surface area (Å²) < 4.78 is 29.9. The van der Waals surface area contributed by atoms with E-state index in [1.807, 2.05) is 6.92 Å². The van der Waals surface area contributed by atoms with Gasteiger partial charge in [-0.15, -0.1) is 0 Å². The number of primary sulfonamides is 1. The predicted octanol–water partition coefficient (Wildman–Crippen LogP) is 2.67. The minimum atomic E-state index is -4.20. The highest BCUT2D eigenvalue weighted by Crippen LogP contribution is 2.38. The summed E-state index contributed by atoms with van der Waals surface area (Å²) in [6.45, 7) is 2.54. The van der Waals surface area contributed by atoms with Gasteiger partial charge >= 0.3 is 5.97 Å². The highest BCUT2D eigenvalue weighted by Gasteiger charge is 2.25. The van der Waals surface area contributed by atoms with Crippen molar-refractivity contribution in [2.75, 3.05) is 18.5 Å². The number of carboxylic acid groups (broad SMARTS) is 1. The number of ether oxygens (including phenoxy) is 1. The summed E-state index contributed by atoms with van der Waals surface area (Å²) in [6.07, 6.45) is 0.781. The Hall–Kier alpha value is -2.58. The average molecular weight is 364 g/mol. The molecule has 0 aliphatic heterocycles. The zero-order valence-corrected chi connectivity index (χ0v) is 14.8. The Balaban J connectivity index is 2.72. The summed E-state index contributed by atoms with van der Waals surface area (Å²) >= 11 is 0. The molecule has 25 heavy (non-hydrogen) atoms. The first-order valence-electron chi connectivity index (χ1n) is 7.62. The van der Waals surface area contributed by atoms with E-state index in [0.29, 0.717) is 18.0 Å². The van der Waals surface area contributed by atoms with Gasteiger partial charge in [-0.1, -0.05) is 25.1 Å². The second kappa shape index (κ2) is 7.54. The van der Waals surface area contributed by atoms with Crippen molar-refractivity contribution in [3.63, 3.8) is 0 Å². The van der Waals surface area contributed by atoms with E-state index in [2.05, 4.69) is 0 Å². The molecule has 0 unspecified atom stereocenters. The fraction of sp³-hybridized carbons (Fsp3) is 0.235. The summed E-state index contributed by atoms with van der Waals surface area (Å²) in [7, 11) is -2.46. The zero-order valence-electron chi connectivity index (χ0n) is 14.0. The molecule has 0 amide bonds. The Bertz CT molecular complexity index is 866. The lowest BCUT2D eigenvalue weighted by Gasteiger charge is -2.24. The molecular weight excluding hydrogens is 344 g/mol. The van der Waals surface area contributed by atoms with Crippen molar-refractivity contribution in [3.8, 4) is 11.5 Å². The van der Waals surface area contributed by atoms with Gasteiger partial charge in [0, 0.05) is 13.6 Å². The molecule has 0 heterocycles. The molecule has 134 valence electrons. The van der Waals surface area contributed by atoms with Gasteiger partial charge in [0.2, 0.25) is 10.0 Å². The van der Waals surface area contributed by atoms with Crippen molar-refractivity contribution in [3.05, 3.63) is 48.0 Å². The molecule has 8 heteroatoms. The van der Waals surface area contributed by atoms with Gasteiger partial charge in [0.25, 0.3) is 0 Å². The van der Waals surface area contributed by atoms with Crippen LogP contribution in [0.1, 0.15) is 23.7 Å². The average Bonchev–Trinajstić information content (AvgIpc) is 2.54. The molecule has 0 spiro atoms. The number of aromatic carboxylic acids is 1. The number of carbonyl (C=O) groups is 1. The molecule has 0 bridgehead atoms. The summed E-state index contributed by atoms with van der Waals surface area (Å²) in [5.74, 6) is -0.821. The van der Waals surface area contributed by atoms with Crippen LogP contribution < -0.4 is 14.8 Å². The molecule has 2 aromatic rings. The van der Waals surface area contributed by atoms with Crippen LogP contribution in [0.4, 0.5) is 5.69 Å². The highest BCUT2D eigenvalue weighted by molar-refractivity contribution is 7.89. The largest absolute Gasteiger partial charge is 0.478 e. The van der Waals surface area contributed by atoms with Crippen molar-refractivity contribution in [2.24, 2.45) is 5.14 Å². The first-order chi connectivity index (χ1) is 11.7. The van der Waals surface area contributed by atoms with E-state index in [4.69, 9.17) is 9.88 Å². The van der Waals surface area contributed by atoms with Gasteiger partial charge < -0.3 is 14.7 Å². The number of hydrogen-bond acceptors (Lipinski definition) is 5. The van der Waals surface area contributed by atoms with Crippen molar-refractivity contribution in [1.29, 1.82) is 0 Å². The van der Waals surface area contributed by atoms with Crippen molar-refractivity contribution < 1.29 is 23.1 Å². The monoisotopic (exact) mass is 364 g/mol. The van der Waals surface area contributed by atoms with Gasteiger partial charge in [-0.3, -0.25) is 0 Å². The third-order valence-corrected chi connectivity index (χ3v) is 4.44. The lowest BCUT2D eigenvalue weighted by Crippen LogP contribution is -2.21. The van der Waals surface area contributed by atoms with E-state index in [1.165, 1.54) is 6.07 Å². The van der Waals surface area contributed by atoms with Crippen LogP contribution in [0.25, 0.3) is 0 Å². The molecule has 3 N–H and O–H groups in total. The Kier molecular flexibility index (Phi) is 5.66. The highest BCUT2D eigenvalue weighted by atomic mass is 32.2. The minimum Gasteiger partial charge on any atom is -0.478 e. The predicted molar refractivity (Wildman–Crippen MR) is 94.9 cm³/mol. The van der Waals surface area contributed by atoms with E-state index in [1.54, 1.807) is 42.3 Å². The van der Waals surface area contributed by atoms with Crippen molar-refractivity contribution in [2.45, 2.75) is 18.2 Å². The molecule has 2 rings (SSSR count). The van der Waals surface area contributed by atoms with Gasteiger partial charge in [0.15, 0.2) is 5.75 Å². The van der Waals surface area contributed by atoms with Crippen LogP contribution in [0, 0.1) is 0 Å². The molecule has 0 fully saturated rings. The number of anilines is 1. The first kappa shape index (κ1) is 18.8. The number of nitrogens with zero attached hydrogens (tertiary/aromatic N) is 1. The number of benzene rings is 2. The minimum absolute atomic E-state index is 0.00894. The molecule has 0 saturated heterocycles. The normalized spacial score (nSPS) is 11.2. The van der Waals surface area contributed by atoms with Gasteiger partial charge in [-0.25, -0.2) is 18.4 Å². The first-order valence-corrected chi connectivity index (χ1v) is 9.16. The summed E-state index contributed by atoms with van der Waals surface area (Å²) in [4.78, 5) is 12.8.